The summed E-state index contributed by atoms with van der Waals surface area (Å²) in [6.07, 6.45) is 2.15. The molecule has 0 N–H and O–H groups in total. The lowest BCUT2D eigenvalue weighted by Gasteiger charge is -2.35. The van der Waals surface area contributed by atoms with Crippen LogP contribution in [0.2, 0.25) is 0 Å². The van der Waals surface area contributed by atoms with Crippen LogP contribution in [0.4, 0.5) is 0 Å². The van der Waals surface area contributed by atoms with Crippen molar-refractivity contribution in [3.8, 4) is 5.75 Å². The van der Waals surface area contributed by atoms with Crippen LogP contribution in [0.25, 0.3) is 0 Å². The Balaban J connectivity index is 1.47. The fourth-order valence-corrected chi connectivity index (χ4v) is 3.52. The molecule has 28 heavy (non-hydrogen) atoms. The van der Waals surface area contributed by atoms with E-state index in [9.17, 15) is 9.59 Å². The summed E-state index contributed by atoms with van der Waals surface area (Å²) in [5.41, 5.74) is 1.87. The van der Waals surface area contributed by atoms with Gasteiger partial charge in [0.2, 0.25) is 0 Å². The normalized spacial score (nSPS) is 14.1. The number of amides is 2. The van der Waals surface area contributed by atoms with E-state index in [0.29, 0.717) is 42.4 Å². The Hall–Kier alpha value is -2.47. The predicted molar refractivity (Wildman–Crippen MR) is 112 cm³/mol. The highest BCUT2D eigenvalue weighted by Crippen LogP contribution is 2.17. The number of aryl methyl sites for hydroxylation is 1. The van der Waals surface area contributed by atoms with E-state index in [1.165, 1.54) is 5.56 Å². The minimum atomic E-state index is -0.0562. The van der Waals surface area contributed by atoms with E-state index < -0.39 is 0 Å². The summed E-state index contributed by atoms with van der Waals surface area (Å²) < 4.78 is 5.63. The molecule has 1 aliphatic heterocycles. The van der Waals surface area contributed by atoms with Gasteiger partial charge in [0, 0.05) is 31.1 Å². The van der Waals surface area contributed by atoms with Crippen molar-refractivity contribution in [2.45, 2.75) is 24.7 Å². The van der Waals surface area contributed by atoms with Crippen molar-refractivity contribution in [3.63, 3.8) is 0 Å². The van der Waals surface area contributed by atoms with Gasteiger partial charge in [-0.25, -0.2) is 0 Å². The van der Waals surface area contributed by atoms with Gasteiger partial charge in [-0.15, -0.1) is 12.6 Å². The molecule has 0 spiro atoms. The van der Waals surface area contributed by atoms with Gasteiger partial charge in [0.15, 0.2) is 6.61 Å². The van der Waals surface area contributed by atoms with Gasteiger partial charge in [-0.3, -0.25) is 9.59 Å². The summed E-state index contributed by atoms with van der Waals surface area (Å²) in [6.45, 7) is 4.21. The van der Waals surface area contributed by atoms with Crippen LogP contribution in [0.1, 0.15) is 29.3 Å². The maximum Gasteiger partial charge on any atom is 0.260 e. The first-order chi connectivity index (χ1) is 13.6. The number of thiol groups is 1. The molecule has 148 valence electrons. The third-order valence-corrected chi connectivity index (χ3v) is 5.27. The maximum atomic E-state index is 12.6. The molecular weight excluding hydrogens is 372 g/mol. The van der Waals surface area contributed by atoms with E-state index in [1.807, 2.05) is 42.5 Å². The first kappa shape index (κ1) is 20.3. The Morgan fingerprint density at radius 3 is 2.25 bits per heavy atom. The molecule has 3 rings (SSSR count). The van der Waals surface area contributed by atoms with E-state index >= 15 is 0 Å². The fraction of sp³-hybridized carbons (Fsp3) is 0.364. The zero-order chi connectivity index (χ0) is 19.9. The van der Waals surface area contributed by atoms with Crippen molar-refractivity contribution >= 4 is 24.4 Å². The maximum absolute atomic E-state index is 12.6. The van der Waals surface area contributed by atoms with Gasteiger partial charge in [-0.2, -0.15) is 0 Å². The van der Waals surface area contributed by atoms with E-state index in [1.54, 1.807) is 15.9 Å². The minimum Gasteiger partial charge on any atom is -0.484 e. The number of ether oxygens (including phenoxy) is 1. The van der Waals surface area contributed by atoms with Crippen LogP contribution in [0.15, 0.2) is 53.4 Å². The molecule has 0 atom stereocenters. The molecule has 0 aromatic heterocycles. The molecule has 5 nitrogen and oxygen atoms in total. The number of benzene rings is 2. The Bertz CT molecular complexity index is 815. The molecule has 0 unspecified atom stereocenters. The molecule has 1 heterocycles. The number of rotatable bonds is 6. The van der Waals surface area contributed by atoms with Gasteiger partial charge in [-0.05, 0) is 36.2 Å². The Morgan fingerprint density at radius 1 is 0.964 bits per heavy atom. The Labute approximate surface area is 171 Å². The summed E-state index contributed by atoms with van der Waals surface area (Å²) in [6, 6.07) is 15.2. The number of hydrogen-bond acceptors (Lipinski definition) is 4. The van der Waals surface area contributed by atoms with Crippen molar-refractivity contribution in [1.29, 1.82) is 0 Å². The molecule has 1 saturated heterocycles. The average Bonchev–Trinajstić information content (AvgIpc) is 2.73. The highest BCUT2D eigenvalue weighted by Gasteiger charge is 2.25. The van der Waals surface area contributed by atoms with Crippen molar-refractivity contribution in [1.82, 2.24) is 9.80 Å². The van der Waals surface area contributed by atoms with Crippen LogP contribution in [0.3, 0.4) is 0 Å². The number of nitrogens with zero attached hydrogens (tertiary/aromatic N) is 2. The molecule has 2 aromatic carbocycles. The molecule has 1 aliphatic rings. The van der Waals surface area contributed by atoms with E-state index in [4.69, 9.17) is 4.74 Å². The predicted octanol–water partition coefficient (Wildman–Crippen LogP) is 3.29. The summed E-state index contributed by atoms with van der Waals surface area (Å²) in [7, 11) is 0. The van der Waals surface area contributed by atoms with Crippen molar-refractivity contribution in [3.05, 3.63) is 59.7 Å². The van der Waals surface area contributed by atoms with Crippen LogP contribution in [0.5, 0.6) is 5.75 Å². The lowest BCUT2D eigenvalue weighted by molar-refractivity contribution is -0.134. The van der Waals surface area contributed by atoms with E-state index in [2.05, 4.69) is 19.6 Å². The third-order valence-electron chi connectivity index (χ3n) is 4.88. The fourth-order valence-electron chi connectivity index (χ4n) is 3.26. The Kier molecular flexibility index (Phi) is 6.98. The molecule has 0 bridgehead atoms. The third kappa shape index (κ3) is 5.07. The van der Waals surface area contributed by atoms with Gasteiger partial charge in [0.05, 0.1) is 5.56 Å². The topological polar surface area (TPSA) is 49.9 Å². The summed E-state index contributed by atoms with van der Waals surface area (Å²) in [5, 5.41) is 0. The molecule has 6 heteroatoms. The number of carbonyl (C=O) groups is 2. The quantitative estimate of drug-likeness (QED) is 0.760. The summed E-state index contributed by atoms with van der Waals surface area (Å²) in [4.78, 5) is 29.2. The van der Waals surface area contributed by atoms with Crippen LogP contribution >= 0.6 is 12.6 Å². The molecular formula is C22H26N2O3S. The zero-order valence-electron chi connectivity index (χ0n) is 16.1. The molecule has 1 fully saturated rings. The lowest BCUT2D eigenvalue weighted by atomic mass is 10.1. The van der Waals surface area contributed by atoms with Crippen LogP contribution in [0, 0.1) is 0 Å². The first-order valence-corrected chi connectivity index (χ1v) is 10.1. The summed E-state index contributed by atoms with van der Waals surface area (Å²) >= 11 is 4.36. The van der Waals surface area contributed by atoms with Crippen LogP contribution in [-0.4, -0.2) is 54.4 Å². The SMILES string of the molecule is CCCc1ccc(OCC(=O)N2CCN(C(=O)c3ccccc3S)CC2)cc1. The van der Waals surface area contributed by atoms with Gasteiger partial charge in [0.25, 0.3) is 11.8 Å². The number of carbonyl (C=O) groups excluding carboxylic acids is 2. The van der Waals surface area contributed by atoms with Crippen LogP contribution < -0.4 is 4.74 Å². The van der Waals surface area contributed by atoms with Crippen molar-refractivity contribution < 1.29 is 14.3 Å². The second-order valence-corrected chi connectivity index (χ2v) is 7.35. The largest absolute Gasteiger partial charge is 0.484 e. The summed E-state index contributed by atoms with van der Waals surface area (Å²) in [5.74, 6) is 0.604. The van der Waals surface area contributed by atoms with Gasteiger partial charge in [-0.1, -0.05) is 37.6 Å². The Morgan fingerprint density at radius 2 is 1.61 bits per heavy atom. The number of piperazine rings is 1. The monoisotopic (exact) mass is 398 g/mol. The highest BCUT2D eigenvalue weighted by atomic mass is 32.1. The van der Waals surface area contributed by atoms with Gasteiger partial charge < -0.3 is 14.5 Å². The molecule has 0 saturated carbocycles. The van der Waals surface area contributed by atoms with Crippen molar-refractivity contribution in [2.75, 3.05) is 32.8 Å². The van der Waals surface area contributed by atoms with Gasteiger partial charge >= 0.3 is 0 Å². The first-order valence-electron chi connectivity index (χ1n) is 9.65. The number of hydrogen-bond donors (Lipinski definition) is 1. The highest BCUT2D eigenvalue weighted by molar-refractivity contribution is 7.80. The van der Waals surface area contributed by atoms with Crippen LogP contribution in [-0.2, 0) is 11.2 Å². The average molecular weight is 399 g/mol. The van der Waals surface area contributed by atoms with Gasteiger partial charge in [0.1, 0.15) is 5.75 Å². The molecule has 2 aromatic rings. The molecule has 0 aliphatic carbocycles. The lowest BCUT2D eigenvalue weighted by Crippen LogP contribution is -2.51. The second kappa shape index (κ2) is 9.64. The molecule has 2 amide bonds. The molecule has 0 radical (unpaired) electrons. The smallest absolute Gasteiger partial charge is 0.260 e. The second-order valence-electron chi connectivity index (χ2n) is 6.87. The minimum absolute atomic E-state index is 0.0144. The zero-order valence-corrected chi connectivity index (χ0v) is 17.0. The van der Waals surface area contributed by atoms with E-state index in [0.717, 1.165) is 12.8 Å². The standard InChI is InChI=1S/C22H26N2O3S/c1-2-5-17-8-10-18(11-9-17)27-16-21(25)23-12-14-24(15-13-23)22(26)19-6-3-4-7-20(19)28/h3-4,6-11,28H,2,5,12-16H2,1H3. The van der Waals surface area contributed by atoms with Crippen molar-refractivity contribution in [2.24, 2.45) is 0 Å². The van der Waals surface area contributed by atoms with E-state index in [-0.39, 0.29) is 18.4 Å².